The lowest BCUT2D eigenvalue weighted by Gasteiger charge is -2.09. The zero-order valence-corrected chi connectivity index (χ0v) is 13.5. The molecule has 2 aromatic carbocycles. The Kier molecular flexibility index (Phi) is 4.97. The van der Waals surface area contributed by atoms with Crippen molar-refractivity contribution in [2.45, 2.75) is 11.4 Å². The molecule has 7 heteroatoms. The van der Waals surface area contributed by atoms with Gasteiger partial charge >= 0.3 is 0 Å². The Morgan fingerprint density at radius 2 is 2.00 bits per heavy atom. The molecule has 0 fully saturated rings. The molecule has 0 aliphatic rings. The number of methoxy groups -OCH3 is 1. The van der Waals surface area contributed by atoms with Gasteiger partial charge in [-0.3, -0.25) is 0 Å². The number of halogens is 2. The van der Waals surface area contributed by atoms with Gasteiger partial charge in [-0.1, -0.05) is 28.1 Å². The maximum Gasteiger partial charge on any atom is 0.243 e. The minimum Gasteiger partial charge on any atom is -0.497 e. The van der Waals surface area contributed by atoms with Gasteiger partial charge in [-0.15, -0.1) is 0 Å². The van der Waals surface area contributed by atoms with E-state index in [0.29, 0.717) is 10.2 Å². The molecule has 0 heterocycles. The highest BCUT2D eigenvalue weighted by Gasteiger charge is 2.18. The molecule has 0 aliphatic carbocycles. The highest BCUT2D eigenvalue weighted by Crippen LogP contribution is 2.20. The smallest absolute Gasteiger partial charge is 0.243 e. The molecule has 0 bridgehead atoms. The van der Waals surface area contributed by atoms with Crippen molar-refractivity contribution in [1.29, 1.82) is 0 Å². The van der Waals surface area contributed by atoms with Gasteiger partial charge in [0.15, 0.2) is 0 Å². The normalized spacial score (nSPS) is 11.4. The zero-order valence-electron chi connectivity index (χ0n) is 11.1. The molecule has 0 unspecified atom stereocenters. The Balaban J connectivity index is 2.17. The van der Waals surface area contributed by atoms with Crippen LogP contribution in [0.25, 0.3) is 0 Å². The van der Waals surface area contributed by atoms with Gasteiger partial charge < -0.3 is 4.74 Å². The molecular weight excluding hydrogens is 361 g/mol. The number of hydrogen-bond donors (Lipinski definition) is 1. The van der Waals surface area contributed by atoms with Crippen molar-refractivity contribution in [1.82, 2.24) is 4.72 Å². The van der Waals surface area contributed by atoms with Crippen LogP contribution < -0.4 is 9.46 Å². The fourth-order valence-electron chi connectivity index (χ4n) is 1.73. The second kappa shape index (κ2) is 6.55. The first-order chi connectivity index (χ1) is 9.92. The van der Waals surface area contributed by atoms with Crippen LogP contribution in [0.2, 0.25) is 0 Å². The third-order valence-corrected chi connectivity index (χ3v) is 4.71. The van der Waals surface area contributed by atoms with Crippen molar-refractivity contribution in [2.24, 2.45) is 0 Å². The molecule has 0 amide bonds. The van der Waals surface area contributed by atoms with Crippen LogP contribution in [-0.2, 0) is 16.6 Å². The van der Waals surface area contributed by atoms with E-state index in [4.69, 9.17) is 4.74 Å². The van der Waals surface area contributed by atoms with Gasteiger partial charge in [0.2, 0.25) is 10.0 Å². The summed E-state index contributed by atoms with van der Waals surface area (Å²) in [7, 11) is -2.38. The van der Waals surface area contributed by atoms with Gasteiger partial charge in [0.05, 0.1) is 7.11 Å². The van der Waals surface area contributed by atoms with E-state index in [-0.39, 0.29) is 11.4 Å². The monoisotopic (exact) mass is 373 g/mol. The minimum atomic E-state index is -3.91. The van der Waals surface area contributed by atoms with E-state index in [2.05, 4.69) is 20.7 Å². The fraction of sp³-hybridized carbons (Fsp3) is 0.143. The van der Waals surface area contributed by atoms with Gasteiger partial charge in [0.1, 0.15) is 16.5 Å². The average Bonchev–Trinajstić information content (AvgIpc) is 2.45. The molecule has 0 spiro atoms. The molecule has 2 rings (SSSR count). The molecule has 1 N–H and O–H groups in total. The molecule has 2 aromatic rings. The minimum absolute atomic E-state index is 0.0506. The van der Waals surface area contributed by atoms with E-state index in [1.54, 1.807) is 24.3 Å². The van der Waals surface area contributed by atoms with Crippen molar-refractivity contribution >= 4 is 26.0 Å². The zero-order chi connectivity index (χ0) is 15.5. The molecule has 0 saturated carbocycles. The van der Waals surface area contributed by atoms with Crippen LogP contribution in [0.15, 0.2) is 51.8 Å². The molecule has 0 aromatic heterocycles. The van der Waals surface area contributed by atoms with Crippen LogP contribution in [0.4, 0.5) is 4.39 Å². The second-order valence-electron chi connectivity index (χ2n) is 4.25. The number of benzene rings is 2. The number of nitrogens with one attached hydrogen (secondary N) is 1. The van der Waals surface area contributed by atoms with Crippen LogP contribution >= 0.6 is 15.9 Å². The Labute approximate surface area is 131 Å². The Morgan fingerprint density at radius 1 is 1.24 bits per heavy atom. The number of sulfonamides is 1. The number of hydrogen-bond acceptors (Lipinski definition) is 3. The van der Waals surface area contributed by atoms with Gasteiger partial charge in [-0.05, 0) is 35.9 Å². The van der Waals surface area contributed by atoms with E-state index < -0.39 is 15.8 Å². The van der Waals surface area contributed by atoms with E-state index in [1.165, 1.54) is 19.2 Å². The predicted octanol–water partition coefficient (Wildman–Crippen LogP) is 3.08. The molecule has 4 nitrogen and oxygen atoms in total. The molecule has 0 radical (unpaired) electrons. The lowest BCUT2D eigenvalue weighted by molar-refractivity contribution is 0.414. The van der Waals surface area contributed by atoms with E-state index in [0.717, 1.165) is 11.6 Å². The summed E-state index contributed by atoms with van der Waals surface area (Å²) in [6.07, 6.45) is 0. The summed E-state index contributed by atoms with van der Waals surface area (Å²) in [6.45, 7) is 0.0506. The molecule has 0 aliphatic heterocycles. The van der Waals surface area contributed by atoms with Crippen molar-refractivity contribution < 1.29 is 17.5 Å². The summed E-state index contributed by atoms with van der Waals surface area (Å²) in [5.74, 6) is -0.177. The Hall–Kier alpha value is -1.44. The predicted molar refractivity (Wildman–Crippen MR) is 81.1 cm³/mol. The summed E-state index contributed by atoms with van der Waals surface area (Å²) in [5, 5.41) is 0. The standard InChI is InChI=1S/C14H13BrFNO3S/c1-20-12-4-2-3-10(7-12)9-17-21(18,19)14-6-5-11(15)8-13(14)16/h2-8,17H,9H2,1H3. The average molecular weight is 374 g/mol. The third-order valence-electron chi connectivity index (χ3n) is 2.78. The molecular formula is C14H13BrFNO3S. The summed E-state index contributed by atoms with van der Waals surface area (Å²) in [6, 6.07) is 10.8. The molecule has 0 saturated heterocycles. The van der Waals surface area contributed by atoms with Gasteiger partial charge in [-0.25, -0.2) is 17.5 Å². The van der Waals surface area contributed by atoms with Gasteiger partial charge in [0.25, 0.3) is 0 Å². The first kappa shape index (κ1) is 15.9. The highest BCUT2D eigenvalue weighted by atomic mass is 79.9. The quantitative estimate of drug-likeness (QED) is 0.875. The number of ether oxygens (including phenoxy) is 1. The maximum atomic E-state index is 13.7. The fourth-order valence-corrected chi connectivity index (χ4v) is 3.14. The van der Waals surface area contributed by atoms with E-state index in [1.807, 2.05) is 0 Å². The van der Waals surface area contributed by atoms with Crippen LogP contribution in [0, 0.1) is 5.82 Å². The van der Waals surface area contributed by atoms with Crippen LogP contribution in [0.1, 0.15) is 5.56 Å². The summed E-state index contributed by atoms with van der Waals surface area (Å²) in [5.41, 5.74) is 0.718. The van der Waals surface area contributed by atoms with Gasteiger partial charge in [0, 0.05) is 11.0 Å². The number of rotatable bonds is 5. The Morgan fingerprint density at radius 3 is 2.67 bits per heavy atom. The van der Waals surface area contributed by atoms with E-state index in [9.17, 15) is 12.8 Å². The SMILES string of the molecule is COc1cccc(CNS(=O)(=O)c2ccc(Br)cc2F)c1. The van der Waals surface area contributed by atoms with E-state index >= 15 is 0 Å². The maximum absolute atomic E-state index is 13.7. The topological polar surface area (TPSA) is 55.4 Å². The second-order valence-corrected chi connectivity index (χ2v) is 6.90. The highest BCUT2D eigenvalue weighted by molar-refractivity contribution is 9.10. The van der Waals surface area contributed by atoms with Crippen LogP contribution in [-0.4, -0.2) is 15.5 Å². The van der Waals surface area contributed by atoms with Crippen LogP contribution in [0.5, 0.6) is 5.75 Å². The lowest BCUT2D eigenvalue weighted by atomic mass is 10.2. The van der Waals surface area contributed by atoms with Crippen molar-refractivity contribution in [3.63, 3.8) is 0 Å². The van der Waals surface area contributed by atoms with Crippen molar-refractivity contribution in [2.75, 3.05) is 7.11 Å². The summed E-state index contributed by atoms with van der Waals surface area (Å²) >= 11 is 3.09. The van der Waals surface area contributed by atoms with Crippen molar-refractivity contribution in [3.8, 4) is 5.75 Å². The molecule has 112 valence electrons. The lowest BCUT2D eigenvalue weighted by Crippen LogP contribution is -2.24. The largest absolute Gasteiger partial charge is 0.497 e. The third kappa shape index (κ3) is 4.03. The Bertz CT molecular complexity index is 750. The van der Waals surface area contributed by atoms with Crippen LogP contribution in [0.3, 0.4) is 0 Å². The first-order valence-electron chi connectivity index (χ1n) is 6.00. The first-order valence-corrected chi connectivity index (χ1v) is 8.27. The van der Waals surface area contributed by atoms with Gasteiger partial charge in [-0.2, -0.15) is 0 Å². The summed E-state index contributed by atoms with van der Waals surface area (Å²) in [4.78, 5) is -0.381. The molecule has 0 atom stereocenters. The summed E-state index contributed by atoms with van der Waals surface area (Å²) < 4.78 is 45.8. The molecule has 21 heavy (non-hydrogen) atoms. The van der Waals surface area contributed by atoms with Crippen molar-refractivity contribution in [3.05, 3.63) is 58.3 Å².